The Hall–Kier alpha value is -2.70. The number of rotatable bonds is 8. The van der Waals surface area contributed by atoms with Crippen LogP contribution < -0.4 is 5.32 Å². The van der Waals surface area contributed by atoms with Gasteiger partial charge in [-0.05, 0) is 30.9 Å². The van der Waals surface area contributed by atoms with Crippen LogP contribution in [0.5, 0.6) is 0 Å². The SMILES string of the molecule is CC(C(=O)NC1CC1)N1CCN(C(=O)COC(c2ccccc2)c2ccccc2)CC1. The van der Waals surface area contributed by atoms with Crippen LogP contribution in [-0.4, -0.2) is 66.5 Å². The number of nitrogens with zero attached hydrogens (tertiary/aromatic N) is 2. The number of hydrogen-bond donors (Lipinski definition) is 1. The molecule has 2 aromatic rings. The van der Waals surface area contributed by atoms with Crippen LogP contribution in [0.4, 0.5) is 0 Å². The molecule has 1 N–H and O–H groups in total. The highest BCUT2D eigenvalue weighted by molar-refractivity contribution is 5.82. The maximum absolute atomic E-state index is 12.8. The largest absolute Gasteiger partial charge is 0.359 e. The minimum atomic E-state index is -0.279. The number of ether oxygens (including phenoxy) is 1. The molecule has 0 spiro atoms. The molecule has 1 saturated carbocycles. The Morgan fingerprint density at radius 2 is 1.48 bits per heavy atom. The number of carbonyl (C=O) groups excluding carboxylic acids is 2. The summed E-state index contributed by atoms with van der Waals surface area (Å²) in [5.74, 6) is 0.0887. The van der Waals surface area contributed by atoms with Gasteiger partial charge in [0.15, 0.2) is 0 Å². The zero-order chi connectivity index (χ0) is 21.6. The molecular formula is C25H31N3O3. The summed E-state index contributed by atoms with van der Waals surface area (Å²) >= 11 is 0. The van der Waals surface area contributed by atoms with Crippen molar-refractivity contribution in [2.45, 2.75) is 38.0 Å². The zero-order valence-corrected chi connectivity index (χ0v) is 18.1. The van der Waals surface area contributed by atoms with Crippen molar-refractivity contribution in [3.05, 3.63) is 71.8 Å². The minimum Gasteiger partial charge on any atom is -0.359 e. The van der Waals surface area contributed by atoms with E-state index in [1.807, 2.05) is 72.5 Å². The normalized spacial score (nSPS) is 18.1. The third kappa shape index (κ3) is 5.71. The van der Waals surface area contributed by atoms with Crippen LogP contribution in [0.3, 0.4) is 0 Å². The molecule has 0 aromatic heterocycles. The second kappa shape index (κ2) is 10.1. The minimum absolute atomic E-state index is 0.00778. The van der Waals surface area contributed by atoms with Crippen LogP contribution >= 0.6 is 0 Å². The first kappa shape index (κ1) is 21.5. The van der Waals surface area contributed by atoms with Gasteiger partial charge in [-0.1, -0.05) is 60.7 Å². The molecule has 1 aliphatic carbocycles. The van der Waals surface area contributed by atoms with Crippen LogP contribution in [0.1, 0.15) is 37.0 Å². The fourth-order valence-electron chi connectivity index (χ4n) is 3.96. The van der Waals surface area contributed by atoms with Gasteiger partial charge in [0, 0.05) is 32.2 Å². The van der Waals surface area contributed by atoms with E-state index in [2.05, 4.69) is 10.2 Å². The molecule has 0 bridgehead atoms. The molecule has 2 aliphatic rings. The molecule has 2 amide bonds. The quantitative estimate of drug-likeness (QED) is 0.712. The van der Waals surface area contributed by atoms with E-state index in [1.165, 1.54) is 0 Å². The van der Waals surface area contributed by atoms with Crippen molar-refractivity contribution in [1.29, 1.82) is 0 Å². The molecule has 6 heteroatoms. The first-order valence-corrected chi connectivity index (χ1v) is 11.2. The predicted octanol–water partition coefficient (Wildman–Crippen LogP) is 2.60. The second-order valence-corrected chi connectivity index (χ2v) is 8.39. The van der Waals surface area contributed by atoms with Crippen molar-refractivity contribution in [1.82, 2.24) is 15.1 Å². The van der Waals surface area contributed by atoms with Crippen molar-refractivity contribution in [2.75, 3.05) is 32.8 Å². The van der Waals surface area contributed by atoms with E-state index in [4.69, 9.17) is 4.74 Å². The number of hydrogen-bond acceptors (Lipinski definition) is 4. The number of carbonyl (C=O) groups is 2. The summed E-state index contributed by atoms with van der Waals surface area (Å²) < 4.78 is 6.12. The monoisotopic (exact) mass is 421 g/mol. The summed E-state index contributed by atoms with van der Waals surface area (Å²) in [5, 5.41) is 3.07. The van der Waals surface area contributed by atoms with Gasteiger partial charge in [0.05, 0.1) is 6.04 Å². The van der Waals surface area contributed by atoms with Crippen molar-refractivity contribution < 1.29 is 14.3 Å². The summed E-state index contributed by atoms with van der Waals surface area (Å²) in [6.45, 7) is 4.61. The van der Waals surface area contributed by atoms with Crippen molar-refractivity contribution >= 4 is 11.8 Å². The Morgan fingerprint density at radius 1 is 0.935 bits per heavy atom. The molecule has 2 fully saturated rings. The second-order valence-electron chi connectivity index (χ2n) is 8.39. The van der Waals surface area contributed by atoms with E-state index in [0.717, 1.165) is 24.0 Å². The molecule has 2 aromatic carbocycles. The topological polar surface area (TPSA) is 61.9 Å². The molecule has 6 nitrogen and oxygen atoms in total. The van der Waals surface area contributed by atoms with Crippen LogP contribution in [0, 0.1) is 0 Å². The highest BCUT2D eigenvalue weighted by Gasteiger charge is 2.31. The lowest BCUT2D eigenvalue weighted by Gasteiger charge is -2.37. The van der Waals surface area contributed by atoms with E-state index in [0.29, 0.717) is 32.2 Å². The number of benzene rings is 2. The molecule has 4 rings (SSSR count). The molecule has 0 radical (unpaired) electrons. The Balaban J connectivity index is 1.30. The van der Waals surface area contributed by atoms with Crippen LogP contribution in [0.2, 0.25) is 0 Å². The van der Waals surface area contributed by atoms with Gasteiger partial charge in [0.25, 0.3) is 0 Å². The smallest absolute Gasteiger partial charge is 0.248 e. The van der Waals surface area contributed by atoms with Gasteiger partial charge in [-0.15, -0.1) is 0 Å². The predicted molar refractivity (Wildman–Crippen MR) is 119 cm³/mol. The van der Waals surface area contributed by atoms with Crippen molar-refractivity contribution in [2.24, 2.45) is 0 Å². The van der Waals surface area contributed by atoms with E-state index >= 15 is 0 Å². The van der Waals surface area contributed by atoms with Gasteiger partial charge >= 0.3 is 0 Å². The molecule has 1 saturated heterocycles. The average Bonchev–Trinajstić information content (AvgIpc) is 3.64. The van der Waals surface area contributed by atoms with E-state index in [-0.39, 0.29) is 30.6 Å². The first-order valence-electron chi connectivity index (χ1n) is 11.2. The summed E-state index contributed by atoms with van der Waals surface area (Å²) in [6.07, 6.45) is 1.90. The summed E-state index contributed by atoms with van der Waals surface area (Å²) in [6, 6.07) is 20.2. The van der Waals surface area contributed by atoms with Gasteiger partial charge in [0.1, 0.15) is 12.7 Å². The van der Waals surface area contributed by atoms with Crippen molar-refractivity contribution in [3.8, 4) is 0 Å². The molecule has 1 heterocycles. The summed E-state index contributed by atoms with van der Waals surface area (Å²) in [7, 11) is 0. The fraction of sp³-hybridized carbons (Fsp3) is 0.440. The third-order valence-electron chi connectivity index (χ3n) is 6.10. The first-order chi connectivity index (χ1) is 15.1. The highest BCUT2D eigenvalue weighted by atomic mass is 16.5. The van der Waals surface area contributed by atoms with Gasteiger partial charge in [-0.3, -0.25) is 14.5 Å². The zero-order valence-electron chi connectivity index (χ0n) is 18.1. The third-order valence-corrected chi connectivity index (χ3v) is 6.10. The number of piperazine rings is 1. The number of amides is 2. The maximum Gasteiger partial charge on any atom is 0.248 e. The Kier molecular flexibility index (Phi) is 6.99. The average molecular weight is 422 g/mol. The summed E-state index contributed by atoms with van der Waals surface area (Å²) in [4.78, 5) is 29.1. The molecule has 164 valence electrons. The van der Waals surface area contributed by atoms with E-state index in [1.54, 1.807) is 0 Å². The molecular weight excluding hydrogens is 390 g/mol. The lowest BCUT2D eigenvalue weighted by molar-refractivity contribution is -0.140. The van der Waals surface area contributed by atoms with Crippen LogP contribution in [0.25, 0.3) is 0 Å². The molecule has 31 heavy (non-hydrogen) atoms. The van der Waals surface area contributed by atoms with E-state index in [9.17, 15) is 9.59 Å². The Labute approximate surface area is 184 Å². The summed E-state index contributed by atoms with van der Waals surface area (Å²) in [5.41, 5.74) is 2.06. The fourth-order valence-corrected chi connectivity index (χ4v) is 3.96. The standard InChI is InChI=1S/C25H31N3O3/c1-19(25(30)26-22-12-13-22)27-14-16-28(17-15-27)23(29)18-31-24(20-8-4-2-5-9-20)21-10-6-3-7-11-21/h2-11,19,22,24H,12-18H2,1H3,(H,26,30). The van der Waals surface area contributed by atoms with Gasteiger partial charge in [-0.25, -0.2) is 0 Å². The lowest BCUT2D eigenvalue weighted by Crippen LogP contribution is -2.55. The van der Waals surface area contributed by atoms with Gasteiger partial charge < -0.3 is 15.0 Å². The Morgan fingerprint density at radius 3 is 2.00 bits per heavy atom. The van der Waals surface area contributed by atoms with Gasteiger partial charge in [0.2, 0.25) is 11.8 Å². The lowest BCUT2D eigenvalue weighted by atomic mass is 10.0. The maximum atomic E-state index is 12.8. The molecule has 1 atom stereocenters. The highest BCUT2D eigenvalue weighted by Crippen LogP contribution is 2.26. The molecule has 1 unspecified atom stereocenters. The van der Waals surface area contributed by atoms with Crippen molar-refractivity contribution in [3.63, 3.8) is 0 Å². The van der Waals surface area contributed by atoms with Crippen LogP contribution in [-0.2, 0) is 14.3 Å². The van der Waals surface area contributed by atoms with E-state index < -0.39 is 0 Å². The van der Waals surface area contributed by atoms with Gasteiger partial charge in [-0.2, -0.15) is 0 Å². The number of nitrogens with one attached hydrogen (secondary N) is 1. The molecule has 1 aliphatic heterocycles. The van der Waals surface area contributed by atoms with Crippen LogP contribution in [0.15, 0.2) is 60.7 Å². The Bertz CT molecular complexity index is 823.